The predicted molar refractivity (Wildman–Crippen MR) is 148 cm³/mol. The molecule has 1 fully saturated rings. The van der Waals surface area contributed by atoms with E-state index in [1.165, 1.54) is 4.57 Å². The summed E-state index contributed by atoms with van der Waals surface area (Å²) in [6, 6.07) is 15.2. The zero-order chi connectivity index (χ0) is 26.1. The molecule has 4 N–H and O–H groups in total. The molecular weight excluding hydrogens is 507 g/mol. The fraction of sp³-hybridized carbons (Fsp3) is 0.357. The maximum absolute atomic E-state index is 8.88. The average molecular weight is 540 g/mol. The molecule has 2 aliphatic rings. The third-order valence-corrected chi connectivity index (χ3v) is 7.86. The number of nitrogens with zero attached hydrogens (tertiary/aromatic N) is 3. The van der Waals surface area contributed by atoms with Crippen LogP contribution in [0.5, 0.6) is 5.75 Å². The van der Waals surface area contributed by atoms with Crippen molar-refractivity contribution in [1.82, 2.24) is 14.4 Å². The molecule has 3 aromatic rings. The molecule has 0 unspecified atom stereocenters. The van der Waals surface area contributed by atoms with Crippen LogP contribution >= 0.6 is 23.2 Å². The van der Waals surface area contributed by atoms with Crippen molar-refractivity contribution in [3.05, 3.63) is 92.5 Å². The van der Waals surface area contributed by atoms with Gasteiger partial charge in [-0.15, -0.1) is 0 Å². The minimum absolute atomic E-state index is 0.00768. The number of fused-ring (bicyclic) bond motifs is 1. The molecule has 37 heavy (non-hydrogen) atoms. The van der Waals surface area contributed by atoms with Crippen molar-refractivity contribution in [2.24, 2.45) is 5.73 Å². The topological polar surface area (TPSA) is 94.4 Å². The minimum atomic E-state index is -0.142. The van der Waals surface area contributed by atoms with Gasteiger partial charge in [-0.3, -0.25) is 20.3 Å². The lowest BCUT2D eigenvalue weighted by molar-refractivity contribution is 0.148. The number of hydrogen-bond acceptors (Lipinski definition) is 6. The molecule has 1 saturated heterocycles. The van der Waals surface area contributed by atoms with E-state index in [0.717, 1.165) is 62.3 Å². The van der Waals surface area contributed by atoms with Crippen molar-refractivity contribution in [3.8, 4) is 5.75 Å². The Morgan fingerprint density at radius 1 is 1.00 bits per heavy atom. The summed E-state index contributed by atoms with van der Waals surface area (Å²) < 4.78 is 7.80. The second kappa shape index (κ2) is 11.0. The van der Waals surface area contributed by atoms with Crippen molar-refractivity contribution in [2.75, 3.05) is 33.2 Å². The number of nitrogens with one attached hydrogen (secondary N) is 2. The summed E-state index contributed by atoms with van der Waals surface area (Å²) in [6.45, 7) is 4.81. The van der Waals surface area contributed by atoms with E-state index in [1.807, 2.05) is 24.3 Å². The quantitative estimate of drug-likeness (QED) is 0.321. The molecule has 2 atom stereocenters. The Kier molecular flexibility index (Phi) is 7.70. The molecule has 9 heteroatoms. The van der Waals surface area contributed by atoms with Gasteiger partial charge in [0.15, 0.2) is 0 Å². The molecule has 1 aliphatic carbocycles. The molecule has 2 aromatic carbocycles. The number of likely N-dealkylation sites (N-methyl/N-ethyl adjacent to an activating group) is 1. The van der Waals surface area contributed by atoms with Gasteiger partial charge in [0.1, 0.15) is 23.2 Å². The minimum Gasteiger partial charge on any atom is -0.484 e. The molecule has 1 aliphatic heterocycles. The fourth-order valence-electron chi connectivity index (χ4n) is 5.13. The molecule has 1 aromatic heterocycles. The van der Waals surface area contributed by atoms with Crippen LogP contribution in [0.1, 0.15) is 47.2 Å². The molecule has 0 spiro atoms. The highest BCUT2D eigenvalue weighted by Crippen LogP contribution is 2.37. The van der Waals surface area contributed by atoms with Crippen LogP contribution in [0.15, 0.2) is 54.7 Å². The van der Waals surface area contributed by atoms with E-state index in [-0.39, 0.29) is 23.5 Å². The zero-order valence-corrected chi connectivity index (χ0v) is 22.4. The van der Waals surface area contributed by atoms with Crippen LogP contribution in [0.4, 0.5) is 0 Å². The second-order valence-electron chi connectivity index (χ2n) is 9.90. The van der Waals surface area contributed by atoms with E-state index < -0.39 is 0 Å². The summed E-state index contributed by atoms with van der Waals surface area (Å²) in [4.78, 5) is 4.69. The third kappa shape index (κ3) is 5.61. The summed E-state index contributed by atoms with van der Waals surface area (Å²) in [5.74, 6) is 0.595. The highest BCUT2D eigenvalue weighted by atomic mass is 35.5. The Balaban J connectivity index is 1.37. The van der Waals surface area contributed by atoms with Gasteiger partial charge in [0.25, 0.3) is 0 Å². The number of pyridine rings is 1. The number of piperazine rings is 1. The normalized spacial score (nSPS) is 20.4. The first-order chi connectivity index (χ1) is 17.8. The van der Waals surface area contributed by atoms with E-state index in [1.54, 1.807) is 18.3 Å². The van der Waals surface area contributed by atoms with Crippen molar-refractivity contribution in [2.45, 2.75) is 31.5 Å². The lowest BCUT2D eigenvalue weighted by Crippen LogP contribution is -2.43. The summed E-state index contributed by atoms with van der Waals surface area (Å²) in [6.07, 6.45) is 3.15. The van der Waals surface area contributed by atoms with Crippen molar-refractivity contribution < 1.29 is 4.74 Å². The molecule has 0 saturated carbocycles. The molecule has 0 radical (unpaired) electrons. The van der Waals surface area contributed by atoms with Gasteiger partial charge in [-0.2, -0.15) is 0 Å². The van der Waals surface area contributed by atoms with Crippen molar-refractivity contribution in [1.29, 1.82) is 10.8 Å². The Hall–Kier alpha value is -2.68. The van der Waals surface area contributed by atoms with Crippen LogP contribution in [0, 0.1) is 10.8 Å². The zero-order valence-electron chi connectivity index (χ0n) is 20.9. The van der Waals surface area contributed by atoms with Crippen LogP contribution in [0.2, 0.25) is 10.0 Å². The van der Waals surface area contributed by atoms with Gasteiger partial charge in [-0.25, -0.2) is 0 Å². The third-order valence-electron chi connectivity index (χ3n) is 7.26. The van der Waals surface area contributed by atoms with Gasteiger partial charge < -0.3 is 15.4 Å². The molecule has 2 heterocycles. The van der Waals surface area contributed by atoms with Crippen LogP contribution < -0.4 is 16.0 Å². The van der Waals surface area contributed by atoms with E-state index in [9.17, 15) is 0 Å². The highest BCUT2D eigenvalue weighted by Gasteiger charge is 2.26. The number of benzene rings is 2. The summed E-state index contributed by atoms with van der Waals surface area (Å²) >= 11 is 13.3. The van der Waals surface area contributed by atoms with Crippen LogP contribution in [0.25, 0.3) is 0 Å². The van der Waals surface area contributed by atoms with Gasteiger partial charge >= 0.3 is 0 Å². The number of aromatic nitrogens is 1. The Bertz CT molecular complexity index is 1340. The van der Waals surface area contributed by atoms with Gasteiger partial charge in [-0.05, 0) is 60.8 Å². The fourth-order valence-corrected chi connectivity index (χ4v) is 5.85. The van der Waals surface area contributed by atoms with Crippen molar-refractivity contribution in [3.63, 3.8) is 0 Å². The number of nitrogens with two attached hydrogens (primary N) is 1. The molecule has 0 bridgehead atoms. The Morgan fingerprint density at radius 2 is 1.68 bits per heavy atom. The number of hydrogen-bond donors (Lipinski definition) is 3. The number of rotatable bonds is 5. The lowest BCUT2D eigenvalue weighted by Gasteiger charge is -2.32. The second-order valence-corrected chi connectivity index (χ2v) is 10.7. The lowest BCUT2D eigenvalue weighted by atomic mass is 9.86. The molecule has 194 valence electrons. The molecule has 7 nitrogen and oxygen atoms in total. The standard InChI is InChI=1S/C28H32Cl2N6O/c1-34-10-12-35(13-11-34)16-18-14-22(29)27(23(30)15-18)28(33)36-17-19(6-9-26(36)32)37-25-8-7-24(31)20-4-2-3-5-21(20)25/h2-6,9,14-15,17,24-25,32-33H,7-8,10-13,16,31H2,1H3/t24-,25+/m0/s1. The van der Waals surface area contributed by atoms with Gasteiger partial charge in [0, 0.05) is 38.8 Å². The number of halogens is 2. The monoisotopic (exact) mass is 538 g/mol. The SMILES string of the molecule is CN1CCN(Cc2cc(Cl)c(C(=N)n3cc(O[C@@H]4CC[C@H](N)c5ccccc54)ccc3=N)c(Cl)c2)CC1. The number of ether oxygens (including phenoxy) is 1. The summed E-state index contributed by atoms with van der Waals surface area (Å²) in [5, 5.41) is 18.1. The van der Waals surface area contributed by atoms with E-state index in [0.29, 0.717) is 21.4 Å². The summed E-state index contributed by atoms with van der Waals surface area (Å²) in [5.41, 5.74) is 10.0. The van der Waals surface area contributed by atoms with Crippen LogP contribution in [-0.2, 0) is 6.54 Å². The Morgan fingerprint density at radius 3 is 2.38 bits per heavy atom. The summed E-state index contributed by atoms with van der Waals surface area (Å²) in [7, 11) is 2.13. The maximum atomic E-state index is 8.88. The molecule has 0 amide bonds. The first-order valence-electron chi connectivity index (χ1n) is 12.6. The van der Waals surface area contributed by atoms with Gasteiger partial charge in [0.2, 0.25) is 0 Å². The van der Waals surface area contributed by atoms with Crippen molar-refractivity contribution >= 4 is 29.0 Å². The van der Waals surface area contributed by atoms with E-state index in [2.05, 4.69) is 29.0 Å². The largest absolute Gasteiger partial charge is 0.484 e. The molecular formula is C28H32Cl2N6O. The first-order valence-corrected chi connectivity index (χ1v) is 13.3. The first kappa shape index (κ1) is 25.9. The van der Waals surface area contributed by atoms with E-state index >= 15 is 0 Å². The molecule has 5 rings (SSSR count). The van der Waals surface area contributed by atoms with Crippen LogP contribution in [0.3, 0.4) is 0 Å². The van der Waals surface area contributed by atoms with Crippen LogP contribution in [-0.4, -0.2) is 53.4 Å². The van der Waals surface area contributed by atoms with Gasteiger partial charge in [-0.1, -0.05) is 47.5 Å². The maximum Gasteiger partial charge on any atom is 0.141 e. The Labute approximate surface area is 227 Å². The highest BCUT2D eigenvalue weighted by molar-refractivity contribution is 6.40. The smallest absolute Gasteiger partial charge is 0.141 e. The average Bonchev–Trinajstić information content (AvgIpc) is 2.88. The van der Waals surface area contributed by atoms with E-state index in [4.69, 9.17) is 44.5 Å². The predicted octanol–water partition coefficient (Wildman–Crippen LogP) is 4.81. The van der Waals surface area contributed by atoms with Gasteiger partial charge in [0.05, 0.1) is 21.8 Å².